The van der Waals surface area contributed by atoms with Crippen molar-refractivity contribution < 1.29 is 9.59 Å². The van der Waals surface area contributed by atoms with Crippen molar-refractivity contribution in [1.82, 2.24) is 4.98 Å². The van der Waals surface area contributed by atoms with E-state index in [0.29, 0.717) is 22.8 Å². The summed E-state index contributed by atoms with van der Waals surface area (Å²) in [5.74, 6) is 0.313. The fourth-order valence-electron chi connectivity index (χ4n) is 2.70. The molecule has 28 heavy (non-hydrogen) atoms. The second-order valence-electron chi connectivity index (χ2n) is 6.42. The molecule has 3 N–H and O–H groups in total. The maximum absolute atomic E-state index is 12.4. The van der Waals surface area contributed by atoms with Crippen LogP contribution in [0.3, 0.4) is 0 Å². The molecule has 0 aliphatic carbocycles. The van der Waals surface area contributed by atoms with E-state index < -0.39 is 0 Å². The molecule has 0 spiro atoms. The van der Waals surface area contributed by atoms with E-state index in [0.717, 1.165) is 5.56 Å². The smallest absolute Gasteiger partial charge is 0.257 e. The molecule has 6 nitrogen and oxygen atoms in total. The first-order valence-electron chi connectivity index (χ1n) is 8.98. The third kappa shape index (κ3) is 5.17. The molecule has 6 heteroatoms. The molecular formula is C22H22N4O2. The quantitative estimate of drug-likeness (QED) is 0.595. The van der Waals surface area contributed by atoms with Crippen LogP contribution in [0.15, 0.2) is 72.9 Å². The van der Waals surface area contributed by atoms with Gasteiger partial charge in [0, 0.05) is 30.5 Å². The van der Waals surface area contributed by atoms with Crippen molar-refractivity contribution in [1.29, 1.82) is 0 Å². The normalized spacial score (nSPS) is 11.4. The Morgan fingerprint density at radius 1 is 0.857 bits per heavy atom. The summed E-state index contributed by atoms with van der Waals surface area (Å²) in [6.45, 7) is 3.50. The molecule has 1 heterocycles. The van der Waals surface area contributed by atoms with Crippen molar-refractivity contribution in [3.63, 3.8) is 0 Å². The maximum atomic E-state index is 12.4. The first-order chi connectivity index (χ1) is 13.5. The number of hydrogen-bond acceptors (Lipinski definition) is 4. The summed E-state index contributed by atoms with van der Waals surface area (Å²) in [6, 6.07) is 20.6. The first kappa shape index (κ1) is 19.1. The second-order valence-corrected chi connectivity index (χ2v) is 6.42. The van der Waals surface area contributed by atoms with Gasteiger partial charge < -0.3 is 16.0 Å². The highest BCUT2D eigenvalue weighted by atomic mass is 16.2. The van der Waals surface area contributed by atoms with Crippen LogP contribution in [-0.2, 0) is 4.79 Å². The van der Waals surface area contributed by atoms with Crippen LogP contribution in [0.4, 0.5) is 17.2 Å². The van der Waals surface area contributed by atoms with Gasteiger partial charge in [-0.1, -0.05) is 30.3 Å². The summed E-state index contributed by atoms with van der Waals surface area (Å²) < 4.78 is 0. The van der Waals surface area contributed by atoms with Crippen LogP contribution >= 0.6 is 0 Å². The lowest BCUT2D eigenvalue weighted by Crippen LogP contribution is -2.13. The Morgan fingerprint density at radius 3 is 2.07 bits per heavy atom. The molecule has 0 saturated carbocycles. The van der Waals surface area contributed by atoms with Gasteiger partial charge in [0.1, 0.15) is 5.82 Å². The van der Waals surface area contributed by atoms with Gasteiger partial charge in [0.25, 0.3) is 5.91 Å². The van der Waals surface area contributed by atoms with Gasteiger partial charge in [-0.2, -0.15) is 0 Å². The largest absolute Gasteiger partial charge is 0.364 e. The minimum Gasteiger partial charge on any atom is -0.364 e. The lowest BCUT2D eigenvalue weighted by molar-refractivity contribution is -0.114. The molecule has 2 amide bonds. The molecule has 0 aliphatic heterocycles. The zero-order valence-corrected chi connectivity index (χ0v) is 15.8. The number of benzene rings is 2. The summed E-state index contributed by atoms with van der Waals surface area (Å²) in [5.41, 5.74) is 2.94. The van der Waals surface area contributed by atoms with Crippen LogP contribution in [0.25, 0.3) is 0 Å². The highest BCUT2D eigenvalue weighted by molar-refractivity contribution is 6.04. The molecule has 1 aromatic heterocycles. The van der Waals surface area contributed by atoms with Crippen LogP contribution in [0.5, 0.6) is 0 Å². The molecule has 1 unspecified atom stereocenters. The van der Waals surface area contributed by atoms with E-state index in [1.165, 1.54) is 6.92 Å². The topological polar surface area (TPSA) is 83.1 Å². The van der Waals surface area contributed by atoms with Gasteiger partial charge >= 0.3 is 0 Å². The van der Waals surface area contributed by atoms with Gasteiger partial charge in [0.05, 0.1) is 5.56 Å². The van der Waals surface area contributed by atoms with E-state index in [-0.39, 0.29) is 17.9 Å². The average Bonchev–Trinajstić information content (AvgIpc) is 2.70. The lowest BCUT2D eigenvalue weighted by atomic mass is 10.1. The van der Waals surface area contributed by atoms with Crippen LogP contribution < -0.4 is 16.0 Å². The van der Waals surface area contributed by atoms with Gasteiger partial charge in [-0.25, -0.2) is 4.98 Å². The van der Waals surface area contributed by atoms with Gasteiger partial charge in [-0.3, -0.25) is 9.59 Å². The highest BCUT2D eigenvalue weighted by Crippen LogP contribution is 2.18. The fourth-order valence-corrected chi connectivity index (χ4v) is 2.70. The number of rotatable bonds is 6. The zero-order chi connectivity index (χ0) is 19.9. The van der Waals surface area contributed by atoms with Crippen molar-refractivity contribution in [2.24, 2.45) is 0 Å². The fraction of sp³-hybridized carbons (Fsp3) is 0.136. The molecule has 142 valence electrons. The van der Waals surface area contributed by atoms with Crippen molar-refractivity contribution >= 4 is 29.0 Å². The Balaban J connectivity index is 1.59. The van der Waals surface area contributed by atoms with E-state index in [1.807, 2.05) is 18.2 Å². The molecule has 3 rings (SSSR count). The van der Waals surface area contributed by atoms with Crippen LogP contribution in [0.1, 0.15) is 35.8 Å². The summed E-state index contributed by atoms with van der Waals surface area (Å²) in [6.07, 6.45) is 1.54. The number of aromatic nitrogens is 1. The van der Waals surface area contributed by atoms with E-state index in [1.54, 1.807) is 42.6 Å². The van der Waals surface area contributed by atoms with Crippen LogP contribution in [0.2, 0.25) is 0 Å². The number of pyridine rings is 1. The number of hydrogen-bond donors (Lipinski definition) is 3. The van der Waals surface area contributed by atoms with Crippen LogP contribution in [-0.4, -0.2) is 16.8 Å². The number of nitrogens with one attached hydrogen (secondary N) is 3. The summed E-state index contributed by atoms with van der Waals surface area (Å²) >= 11 is 0. The number of nitrogens with zero attached hydrogens (tertiary/aromatic N) is 1. The predicted octanol–water partition coefficient (Wildman–Crippen LogP) is 4.47. The summed E-state index contributed by atoms with van der Waals surface area (Å²) in [4.78, 5) is 27.8. The van der Waals surface area contributed by atoms with Crippen molar-refractivity contribution in [3.8, 4) is 0 Å². The molecule has 0 aliphatic rings. The molecule has 0 saturated heterocycles. The van der Waals surface area contributed by atoms with Gasteiger partial charge in [0.15, 0.2) is 0 Å². The Labute approximate surface area is 164 Å². The van der Waals surface area contributed by atoms with Gasteiger partial charge in [-0.15, -0.1) is 0 Å². The first-order valence-corrected chi connectivity index (χ1v) is 8.98. The van der Waals surface area contributed by atoms with Crippen LogP contribution in [0, 0.1) is 0 Å². The molecule has 2 aromatic carbocycles. The standard InChI is InChI=1S/C22H22N4O2/c1-15(17-6-4-3-5-7-17)24-21-13-8-18(14-23-21)22(28)26-20-11-9-19(10-12-20)25-16(2)27/h3-15H,1-2H3,(H,23,24)(H,25,27)(H,26,28). The Morgan fingerprint density at radius 2 is 1.50 bits per heavy atom. The highest BCUT2D eigenvalue weighted by Gasteiger charge is 2.09. The number of amides is 2. The third-order valence-corrected chi connectivity index (χ3v) is 4.15. The maximum Gasteiger partial charge on any atom is 0.257 e. The Bertz CT molecular complexity index is 939. The van der Waals surface area contributed by atoms with E-state index in [9.17, 15) is 9.59 Å². The monoisotopic (exact) mass is 374 g/mol. The van der Waals surface area contributed by atoms with E-state index in [2.05, 4.69) is 40.0 Å². The summed E-state index contributed by atoms with van der Waals surface area (Å²) in [7, 11) is 0. The number of carbonyl (C=O) groups is 2. The van der Waals surface area contributed by atoms with Gasteiger partial charge in [0.2, 0.25) is 5.91 Å². The SMILES string of the molecule is CC(=O)Nc1ccc(NC(=O)c2ccc(NC(C)c3ccccc3)nc2)cc1. The molecular weight excluding hydrogens is 352 g/mol. The van der Waals surface area contributed by atoms with E-state index >= 15 is 0 Å². The Kier molecular flexibility index (Phi) is 6.01. The van der Waals surface area contributed by atoms with Gasteiger partial charge in [-0.05, 0) is 48.9 Å². The van der Waals surface area contributed by atoms with Crippen molar-refractivity contribution in [2.75, 3.05) is 16.0 Å². The summed E-state index contributed by atoms with van der Waals surface area (Å²) in [5, 5.41) is 8.81. The molecule has 0 fully saturated rings. The zero-order valence-electron chi connectivity index (χ0n) is 15.8. The predicted molar refractivity (Wildman–Crippen MR) is 111 cm³/mol. The number of carbonyl (C=O) groups excluding carboxylic acids is 2. The minimum atomic E-state index is -0.248. The van der Waals surface area contributed by atoms with Crippen molar-refractivity contribution in [2.45, 2.75) is 19.9 Å². The molecule has 3 aromatic rings. The number of anilines is 3. The van der Waals surface area contributed by atoms with Crippen molar-refractivity contribution in [3.05, 3.63) is 84.1 Å². The van der Waals surface area contributed by atoms with E-state index in [4.69, 9.17) is 0 Å². The third-order valence-electron chi connectivity index (χ3n) is 4.15. The molecule has 0 bridgehead atoms. The Hall–Kier alpha value is -3.67. The minimum absolute atomic E-state index is 0.107. The lowest BCUT2D eigenvalue weighted by Gasteiger charge is -2.15. The second kappa shape index (κ2) is 8.81. The molecule has 1 atom stereocenters. The molecule has 0 radical (unpaired) electrons. The average molecular weight is 374 g/mol.